The fraction of sp³-hybridized carbons (Fsp3) is 0.192. The average Bonchev–Trinajstić information content (AvgIpc) is 2.81. The van der Waals surface area contributed by atoms with Crippen molar-refractivity contribution in [1.82, 2.24) is 0 Å². The highest BCUT2D eigenvalue weighted by Crippen LogP contribution is 2.35. The molecule has 0 heterocycles. The summed E-state index contributed by atoms with van der Waals surface area (Å²) in [6, 6.07) is 25.9. The number of hydrogen-bond donors (Lipinski definition) is 0. The zero-order chi connectivity index (χ0) is 23.0. The number of carbonyl (C=O) groups excluding carboxylic acids is 1. The van der Waals surface area contributed by atoms with Gasteiger partial charge in [-0.2, -0.15) is 8.78 Å². The fourth-order valence-electron chi connectivity index (χ4n) is 3.36. The molecule has 0 saturated carbocycles. The minimum Gasteiger partial charge on any atom is -0.459 e. The van der Waals surface area contributed by atoms with Gasteiger partial charge in [0.1, 0.15) is 5.75 Å². The van der Waals surface area contributed by atoms with Crippen LogP contribution in [0.15, 0.2) is 84.9 Å². The van der Waals surface area contributed by atoms with Crippen LogP contribution in [-0.4, -0.2) is 24.6 Å². The number of carbonyl (C=O) groups is 1. The number of allylic oxidation sites excluding steroid dienone is 1. The number of rotatable bonds is 9. The molecule has 6 heteroatoms. The Kier molecular flexibility index (Phi) is 8.01. The van der Waals surface area contributed by atoms with E-state index in [4.69, 9.17) is 11.6 Å². The Morgan fingerprint density at radius 3 is 1.91 bits per heavy atom. The van der Waals surface area contributed by atoms with Crippen LogP contribution in [0, 0.1) is 0 Å². The normalized spacial score (nSPS) is 12.1. The predicted octanol–water partition coefficient (Wildman–Crippen LogP) is 6.81. The first kappa shape index (κ1) is 23.5. The van der Waals surface area contributed by atoms with Crippen molar-refractivity contribution in [2.75, 3.05) is 12.5 Å². The lowest BCUT2D eigenvalue weighted by Crippen LogP contribution is -2.36. The molecule has 166 valence electrons. The van der Waals surface area contributed by atoms with Crippen molar-refractivity contribution in [2.45, 2.75) is 19.5 Å². The maximum atomic E-state index is 13.9. The SMILES string of the molecule is CCOC(=O)C(F)(F)Oc1ccc(C(=C(CCCl)c2ccccc2)c2ccccc2)cc1. The van der Waals surface area contributed by atoms with Gasteiger partial charge >= 0.3 is 12.1 Å². The summed E-state index contributed by atoms with van der Waals surface area (Å²) in [5.41, 5.74) is 4.80. The zero-order valence-corrected chi connectivity index (χ0v) is 18.3. The van der Waals surface area contributed by atoms with Gasteiger partial charge in [0.2, 0.25) is 0 Å². The zero-order valence-electron chi connectivity index (χ0n) is 17.6. The number of hydrogen-bond acceptors (Lipinski definition) is 3. The largest absolute Gasteiger partial charge is 0.502 e. The van der Waals surface area contributed by atoms with Gasteiger partial charge in [0.25, 0.3) is 0 Å². The van der Waals surface area contributed by atoms with Crippen molar-refractivity contribution >= 4 is 28.7 Å². The minimum atomic E-state index is -4.07. The topological polar surface area (TPSA) is 35.5 Å². The van der Waals surface area contributed by atoms with Crippen LogP contribution >= 0.6 is 11.6 Å². The quantitative estimate of drug-likeness (QED) is 0.201. The van der Waals surface area contributed by atoms with Crippen molar-refractivity contribution in [3.8, 4) is 5.75 Å². The molecule has 0 N–H and O–H groups in total. The molecule has 3 nitrogen and oxygen atoms in total. The van der Waals surface area contributed by atoms with Crippen molar-refractivity contribution in [3.05, 3.63) is 102 Å². The van der Waals surface area contributed by atoms with Crippen molar-refractivity contribution in [1.29, 1.82) is 0 Å². The van der Waals surface area contributed by atoms with Crippen LogP contribution in [0.1, 0.15) is 30.0 Å². The third-order valence-electron chi connectivity index (χ3n) is 4.73. The van der Waals surface area contributed by atoms with E-state index in [9.17, 15) is 13.6 Å². The third kappa shape index (κ3) is 5.74. The van der Waals surface area contributed by atoms with Gasteiger partial charge in [-0.15, -0.1) is 11.6 Å². The maximum Gasteiger partial charge on any atom is 0.502 e. The second-order valence-corrected chi connectivity index (χ2v) is 7.27. The fourth-order valence-corrected chi connectivity index (χ4v) is 3.55. The van der Waals surface area contributed by atoms with Gasteiger partial charge in [-0.05, 0) is 53.3 Å². The molecule has 0 aliphatic heterocycles. The summed E-state index contributed by atoms with van der Waals surface area (Å²) in [6.45, 7) is 1.29. The number of ether oxygens (including phenoxy) is 2. The number of benzene rings is 3. The van der Waals surface area contributed by atoms with Gasteiger partial charge in [-0.25, -0.2) is 4.79 Å². The van der Waals surface area contributed by atoms with Gasteiger partial charge in [0.15, 0.2) is 0 Å². The monoisotopic (exact) mass is 456 g/mol. The molecule has 0 spiro atoms. The van der Waals surface area contributed by atoms with Crippen LogP contribution < -0.4 is 4.74 Å². The van der Waals surface area contributed by atoms with E-state index in [1.807, 2.05) is 60.7 Å². The molecule has 0 aromatic heterocycles. The number of alkyl halides is 3. The molecule has 0 aliphatic carbocycles. The molecule has 0 saturated heterocycles. The highest BCUT2D eigenvalue weighted by molar-refractivity contribution is 6.18. The maximum absolute atomic E-state index is 13.9. The van der Waals surface area contributed by atoms with E-state index in [0.29, 0.717) is 12.3 Å². The van der Waals surface area contributed by atoms with Crippen LogP contribution in [-0.2, 0) is 9.53 Å². The van der Waals surface area contributed by atoms with Crippen LogP contribution in [0.3, 0.4) is 0 Å². The van der Waals surface area contributed by atoms with Crippen LogP contribution in [0.4, 0.5) is 8.78 Å². The first-order valence-corrected chi connectivity index (χ1v) is 10.7. The van der Waals surface area contributed by atoms with E-state index >= 15 is 0 Å². The predicted molar refractivity (Wildman–Crippen MR) is 123 cm³/mol. The number of esters is 1. The van der Waals surface area contributed by atoms with E-state index < -0.39 is 12.1 Å². The van der Waals surface area contributed by atoms with Crippen LogP contribution in [0.5, 0.6) is 5.75 Å². The smallest absolute Gasteiger partial charge is 0.459 e. The van der Waals surface area contributed by atoms with Crippen molar-refractivity contribution < 1.29 is 23.0 Å². The molecule has 3 aromatic rings. The van der Waals surface area contributed by atoms with Crippen molar-refractivity contribution in [3.63, 3.8) is 0 Å². The van der Waals surface area contributed by atoms with Gasteiger partial charge in [-0.3, -0.25) is 0 Å². The summed E-state index contributed by atoms with van der Waals surface area (Å²) in [5.74, 6) is -1.44. The van der Waals surface area contributed by atoms with Gasteiger partial charge in [0.05, 0.1) is 6.61 Å². The first-order chi connectivity index (χ1) is 15.5. The Bertz CT molecular complexity index is 1050. The Morgan fingerprint density at radius 1 is 0.844 bits per heavy atom. The highest BCUT2D eigenvalue weighted by Gasteiger charge is 2.44. The average molecular weight is 457 g/mol. The molecular formula is C26H23ClF2O3. The lowest BCUT2D eigenvalue weighted by atomic mass is 9.88. The summed E-state index contributed by atoms with van der Waals surface area (Å²) < 4.78 is 36.9. The molecule has 0 aliphatic rings. The van der Waals surface area contributed by atoms with E-state index in [1.54, 1.807) is 12.1 Å². The molecule has 32 heavy (non-hydrogen) atoms. The lowest BCUT2D eigenvalue weighted by Gasteiger charge is -2.18. The summed E-state index contributed by atoms with van der Waals surface area (Å²) >= 11 is 6.14. The Morgan fingerprint density at radius 2 is 1.38 bits per heavy atom. The Labute approximate surface area is 191 Å². The van der Waals surface area contributed by atoms with E-state index in [0.717, 1.165) is 27.8 Å². The molecule has 0 atom stereocenters. The first-order valence-electron chi connectivity index (χ1n) is 10.2. The third-order valence-corrected chi connectivity index (χ3v) is 4.92. The van der Waals surface area contributed by atoms with Gasteiger partial charge in [-0.1, -0.05) is 72.8 Å². The summed E-state index contributed by atoms with van der Waals surface area (Å²) in [6.07, 6.45) is -3.45. The summed E-state index contributed by atoms with van der Waals surface area (Å²) in [7, 11) is 0. The van der Waals surface area contributed by atoms with Crippen LogP contribution in [0.25, 0.3) is 11.1 Å². The van der Waals surface area contributed by atoms with Crippen LogP contribution in [0.2, 0.25) is 0 Å². The Hall–Kier alpha value is -3.18. The molecule has 3 rings (SSSR count). The molecular weight excluding hydrogens is 434 g/mol. The van der Waals surface area contributed by atoms with E-state index in [-0.39, 0.29) is 12.4 Å². The Balaban J connectivity index is 2.04. The van der Waals surface area contributed by atoms with Gasteiger partial charge in [0, 0.05) is 5.88 Å². The second-order valence-electron chi connectivity index (χ2n) is 6.89. The molecule has 0 fully saturated rings. The van der Waals surface area contributed by atoms with E-state index in [2.05, 4.69) is 9.47 Å². The molecule has 0 amide bonds. The molecule has 3 aromatic carbocycles. The van der Waals surface area contributed by atoms with Crippen molar-refractivity contribution in [2.24, 2.45) is 0 Å². The molecule has 0 radical (unpaired) electrons. The lowest BCUT2D eigenvalue weighted by molar-refractivity contribution is -0.216. The molecule has 0 bridgehead atoms. The highest BCUT2D eigenvalue weighted by atomic mass is 35.5. The minimum absolute atomic E-state index is 0.141. The number of halogens is 3. The second kappa shape index (κ2) is 10.9. The van der Waals surface area contributed by atoms with Gasteiger partial charge < -0.3 is 9.47 Å². The van der Waals surface area contributed by atoms with E-state index in [1.165, 1.54) is 19.1 Å². The standard InChI is InChI=1S/C26H23ClF2O3/c1-2-31-25(30)26(28,29)32-22-15-13-21(14-16-22)24(20-11-7-4-8-12-20)23(17-18-27)19-9-5-3-6-10-19/h3-16H,2,17-18H2,1H3. The summed E-state index contributed by atoms with van der Waals surface area (Å²) in [4.78, 5) is 11.4. The summed E-state index contributed by atoms with van der Waals surface area (Å²) in [5, 5.41) is 0. The molecule has 0 unspecified atom stereocenters.